The third-order valence-corrected chi connectivity index (χ3v) is 2.41. The third-order valence-electron chi connectivity index (χ3n) is 1.69. The Morgan fingerprint density at radius 1 is 1.31 bits per heavy atom. The van der Waals surface area contributed by atoms with Gasteiger partial charge in [-0.3, -0.25) is 0 Å². The lowest BCUT2D eigenvalue weighted by Crippen LogP contribution is -2.14. The van der Waals surface area contributed by atoms with E-state index in [9.17, 15) is 0 Å². The van der Waals surface area contributed by atoms with Gasteiger partial charge in [0.15, 0.2) is 0 Å². The summed E-state index contributed by atoms with van der Waals surface area (Å²) in [6.07, 6.45) is 13.5. The van der Waals surface area contributed by atoms with Crippen LogP contribution in [0.2, 0.25) is 0 Å². The molecule has 0 aromatic rings. The minimum Gasteiger partial charge on any atom is -0.328 e. The molecule has 1 aliphatic carbocycles. The molecular weight excluding hydrogens is 273 g/mol. The SMILES string of the molecule is CC(N)CC1=C/C=C(I)\C=C/C=C\1. The van der Waals surface area contributed by atoms with Gasteiger partial charge in [-0.25, -0.2) is 0 Å². The number of hydrogen-bond acceptors (Lipinski definition) is 1. The highest BCUT2D eigenvalue weighted by molar-refractivity contribution is 14.1. The molecule has 0 heterocycles. The normalized spacial score (nSPS) is 31.6. The lowest BCUT2D eigenvalue weighted by molar-refractivity contribution is 0.741. The van der Waals surface area contributed by atoms with Gasteiger partial charge in [0.1, 0.15) is 0 Å². The summed E-state index contributed by atoms with van der Waals surface area (Å²) in [4.78, 5) is 0. The number of allylic oxidation sites excluding steroid dienone is 7. The topological polar surface area (TPSA) is 26.0 Å². The molecule has 2 N–H and O–H groups in total. The van der Waals surface area contributed by atoms with Gasteiger partial charge in [0.05, 0.1) is 0 Å². The molecule has 1 rings (SSSR count). The Kier molecular flexibility index (Phi) is 4.45. The maximum absolute atomic E-state index is 5.73. The molecule has 0 aromatic carbocycles. The van der Waals surface area contributed by atoms with Crippen LogP contribution < -0.4 is 5.73 Å². The van der Waals surface area contributed by atoms with E-state index in [0.717, 1.165) is 6.42 Å². The van der Waals surface area contributed by atoms with Crippen molar-refractivity contribution in [3.05, 3.63) is 45.6 Å². The molecule has 0 saturated carbocycles. The quantitative estimate of drug-likeness (QED) is 0.776. The largest absolute Gasteiger partial charge is 0.328 e. The van der Waals surface area contributed by atoms with Crippen molar-refractivity contribution in [2.24, 2.45) is 5.73 Å². The molecule has 1 nitrogen and oxygen atoms in total. The fraction of sp³-hybridized carbons (Fsp3) is 0.273. The van der Waals surface area contributed by atoms with Crippen molar-refractivity contribution < 1.29 is 0 Å². The van der Waals surface area contributed by atoms with Crippen LogP contribution in [0.5, 0.6) is 0 Å². The molecule has 0 radical (unpaired) electrons. The van der Waals surface area contributed by atoms with Crippen LogP contribution in [0.15, 0.2) is 45.6 Å². The van der Waals surface area contributed by atoms with E-state index in [2.05, 4.69) is 53.0 Å². The highest BCUT2D eigenvalue weighted by Crippen LogP contribution is 2.14. The third kappa shape index (κ3) is 4.43. The summed E-state index contributed by atoms with van der Waals surface area (Å²) in [5.41, 5.74) is 7.02. The average molecular weight is 287 g/mol. The molecule has 0 fully saturated rings. The van der Waals surface area contributed by atoms with Crippen LogP contribution in [-0.2, 0) is 0 Å². The molecule has 70 valence electrons. The molecule has 13 heavy (non-hydrogen) atoms. The number of rotatable bonds is 2. The van der Waals surface area contributed by atoms with E-state index >= 15 is 0 Å². The van der Waals surface area contributed by atoms with Crippen LogP contribution in [0.3, 0.4) is 0 Å². The van der Waals surface area contributed by atoms with E-state index in [-0.39, 0.29) is 6.04 Å². The lowest BCUT2D eigenvalue weighted by Gasteiger charge is -2.05. The maximum atomic E-state index is 5.73. The first-order valence-corrected chi connectivity index (χ1v) is 5.43. The van der Waals surface area contributed by atoms with Gasteiger partial charge in [-0.1, -0.05) is 24.3 Å². The molecule has 0 aliphatic heterocycles. The van der Waals surface area contributed by atoms with E-state index in [1.807, 2.05) is 13.0 Å². The summed E-state index contributed by atoms with van der Waals surface area (Å²) >= 11 is 2.31. The first kappa shape index (κ1) is 10.7. The monoisotopic (exact) mass is 287 g/mol. The molecule has 1 aliphatic rings. The molecule has 1 atom stereocenters. The standard InChI is InChI=1S/C11H14IN/c1-9(13)8-10-4-2-3-5-11(12)7-6-10/h2-7,9H,8,13H2,1H3/b3-2?,4-2-,5-3-,7-6?,10-4?,10-6+,11-5?,11-7+. The van der Waals surface area contributed by atoms with E-state index < -0.39 is 0 Å². The first-order valence-electron chi connectivity index (χ1n) is 4.35. The Balaban J connectivity index is 2.73. The van der Waals surface area contributed by atoms with Crippen LogP contribution in [0.4, 0.5) is 0 Å². The van der Waals surface area contributed by atoms with E-state index in [1.54, 1.807) is 0 Å². The van der Waals surface area contributed by atoms with Crippen molar-refractivity contribution in [1.29, 1.82) is 0 Å². The Hall–Kier alpha value is -0.350. The van der Waals surface area contributed by atoms with Gasteiger partial charge < -0.3 is 5.73 Å². The van der Waals surface area contributed by atoms with Crippen molar-refractivity contribution >= 4 is 22.6 Å². The average Bonchev–Trinajstić information content (AvgIpc) is 2.03. The second-order valence-electron chi connectivity index (χ2n) is 3.19. The summed E-state index contributed by atoms with van der Waals surface area (Å²) in [6.45, 7) is 2.03. The second kappa shape index (κ2) is 5.40. The fourth-order valence-corrected chi connectivity index (χ4v) is 1.52. The first-order chi connectivity index (χ1) is 6.18. The molecular formula is C11H14IN. The van der Waals surface area contributed by atoms with Crippen LogP contribution in [0.1, 0.15) is 13.3 Å². The van der Waals surface area contributed by atoms with E-state index in [1.165, 1.54) is 9.15 Å². The molecule has 1 unspecified atom stereocenters. The summed E-state index contributed by atoms with van der Waals surface area (Å²) in [6, 6.07) is 0.227. The molecule has 0 spiro atoms. The van der Waals surface area contributed by atoms with Gasteiger partial charge in [-0.05, 0) is 53.7 Å². The van der Waals surface area contributed by atoms with Gasteiger partial charge in [0.25, 0.3) is 0 Å². The summed E-state index contributed by atoms with van der Waals surface area (Å²) < 4.78 is 1.24. The minimum absolute atomic E-state index is 0.227. The van der Waals surface area contributed by atoms with Crippen molar-refractivity contribution in [2.75, 3.05) is 0 Å². The summed E-state index contributed by atoms with van der Waals surface area (Å²) in [5, 5.41) is 0. The van der Waals surface area contributed by atoms with Crippen LogP contribution in [-0.4, -0.2) is 6.04 Å². The highest BCUT2D eigenvalue weighted by Gasteiger charge is 1.97. The number of hydrogen-bond donors (Lipinski definition) is 1. The van der Waals surface area contributed by atoms with Crippen molar-refractivity contribution in [2.45, 2.75) is 19.4 Å². The van der Waals surface area contributed by atoms with Crippen molar-refractivity contribution in [3.8, 4) is 0 Å². The van der Waals surface area contributed by atoms with Gasteiger partial charge in [0, 0.05) is 9.62 Å². The van der Waals surface area contributed by atoms with Crippen LogP contribution in [0, 0.1) is 0 Å². The summed E-state index contributed by atoms with van der Waals surface area (Å²) in [5.74, 6) is 0. The highest BCUT2D eigenvalue weighted by atomic mass is 127. The molecule has 0 saturated heterocycles. The molecule has 0 amide bonds. The van der Waals surface area contributed by atoms with Gasteiger partial charge in [0.2, 0.25) is 0 Å². The Morgan fingerprint density at radius 2 is 2.00 bits per heavy atom. The molecule has 2 heteroatoms. The van der Waals surface area contributed by atoms with Gasteiger partial charge >= 0.3 is 0 Å². The predicted molar refractivity (Wildman–Crippen MR) is 66.7 cm³/mol. The second-order valence-corrected chi connectivity index (χ2v) is 4.44. The van der Waals surface area contributed by atoms with Gasteiger partial charge in [-0.2, -0.15) is 0 Å². The summed E-state index contributed by atoms with van der Waals surface area (Å²) in [7, 11) is 0. The molecule has 0 bridgehead atoms. The zero-order valence-electron chi connectivity index (χ0n) is 7.70. The predicted octanol–water partition coefficient (Wildman–Crippen LogP) is 3.10. The molecule has 0 aromatic heterocycles. The maximum Gasteiger partial charge on any atom is 0.0130 e. The zero-order valence-corrected chi connectivity index (χ0v) is 9.86. The lowest BCUT2D eigenvalue weighted by atomic mass is 10.1. The zero-order chi connectivity index (χ0) is 9.68. The fourth-order valence-electron chi connectivity index (χ4n) is 1.13. The Morgan fingerprint density at radius 3 is 2.69 bits per heavy atom. The number of halogens is 1. The number of nitrogens with two attached hydrogens (primary N) is 1. The van der Waals surface area contributed by atoms with Crippen molar-refractivity contribution in [1.82, 2.24) is 0 Å². The van der Waals surface area contributed by atoms with Gasteiger partial charge in [-0.15, -0.1) is 0 Å². The Labute approximate surface area is 93.2 Å². The minimum atomic E-state index is 0.227. The van der Waals surface area contributed by atoms with Crippen LogP contribution >= 0.6 is 22.6 Å². The van der Waals surface area contributed by atoms with E-state index in [0.29, 0.717) is 0 Å². The van der Waals surface area contributed by atoms with E-state index in [4.69, 9.17) is 5.73 Å². The van der Waals surface area contributed by atoms with Crippen molar-refractivity contribution in [3.63, 3.8) is 0 Å². The smallest absolute Gasteiger partial charge is 0.0130 e. The Bertz CT molecular complexity index is 282. The van der Waals surface area contributed by atoms with Crippen LogP contribution in [0.25, 0.3) is 0 Å².